The van der Waals surface area contributed by atoms with Crippen LogP contribution >= 0.6 is 0 Å². The standard InChI is InChI=1S/C14H23N2O/c1-9(2)13-7-17-8-14-11(5)15-16(10(3)4)6-12(13)14/h6,9-10,13H,7-8H2,1-5H3/q+1. The molecule has 0 saturated carbocycles. The maximum atomic E-state index is 5.70. The summed E-state index contributed by atoms with van der Waals surface area (Å²) >= 11 is 0. The Morgan fingerprint density at radius 1 is 1.35 bits per heavy atom. The molecular formula is C14H23N2O+. The lowest BCUT2D eigenvalue weighted by atomic mass is 9.85. The largest absolute Gasteiger partial charge is 0.376 e. The first-order valence-corrected chi connectivity index (χ1v) is 6.50. The number of nitrogens with zero attached hydrogens (tertiary/aromatic N) is 2. The Balaban J connectivity index is 2.51. The molecule has 1 aromatic rings. The molecule has 2 heterocycles. The van der Waals surface area contributed by atoms with Gasteiger partial charge < -0.3 is 4.74 Å². The Kier molecular flexibility index (Phi) is 3.48. The van der Waals surface area contributed by atoms with Gasteiger partial charge in [0, 0.05) is 17.0 Å². The van der Waals surface area contributed by atoms with Gasteiger partial charge in [-0.05, 0) is 31.8 Å². The van der Waals surface area contributed by atoms with Crippen LogP contribution in [0.25, 0.3) is 0 Å². The normalized spacial score (nSPS) is 19.8. The third kappa shape index (κ3) is 2.34. The Labute approximate surface area is 104 Å². The van der Waals surface area contributed by atoms with Crippen LogP contribution in [0.2, 0.25) is 0 Å². The Morgan fingerprint density at radius 2 is 2.06 bits per heavy atom. The van der Waals surface area contributed by atoms with E-state index in [0.29, 0.717) is 17.9 Å². The fraction of sp³-hybridized carbons (Fsp3) is 0.714. The molecule has 0 bridgehead atoms. The Hall–Kier alpha value is -0.960. The molecule has 0 aromatic carbocycles. The lowest BCUT2D eigenvalue weighted by Crippen LogP contribution is -2.43. The van der Waals surface area contributed by atoms with Gasteiger partial charge in [-0.25, -0.2) is 0 Å². The molecule has 94 valence electrons. The zero-order valence-electron chi connectivity index (χ0n) is 11.5. The average Bonchev–Trinajstić information content (AvgIpc) is 2.27. The van der Waals surface area contributed by atoms with Gasteiger partial charge in [-0.2, -0.15) is 0 Å². The van der Waals surface area contributed by atoms with E-state index >= 15 is 0 Å². The highest BCUT2D eigenvalue weighted by atomic mass is 16.5. The summed E-state index contributed by atoms with van der Waals surface area (Å²) in [6.45, 7) is 12.5. The SMILES string of the molecule is Cc1n[n+](C(C)C)cc2c1COCC2C(C)C. The van der Waals surface area contributed by atoms with Gasteiger partial charge in [0.2, 0.25) is 6.20 Å². The summed E-state index contributed by atoms with van der Waals surface area (Å²) in [6.07, 6.45) is 2.22. The van der Waals surface area contributed by atoms with Gasteiger partial charge in [-0.15, -0.1) is 0 Å². The summed E-state index contributed by atoms with van der Waals surface area (Å²) in [5.74, 6) is 1.11. The van der Waals surface area contributed by atoms with Crippen molar-refractivity contribution in [2.75, 3.05) is 6.61 Å². The third-order valence-corrected chi connectivity index (χ3v) is 3.60. The van der Waals surface area contributed by atoms with Crippen molar-refractivity contribution in [2.24, 2.45) is 5.92 Å². The molecule has 1 aromatic heterocycles. The van der Waals surface area contributed by atoms with Gasteiger partial charge in [0.05, 0.1) is 13.2 Å². The first kappa shape index (κ1) is 12.5. The molecule has 0 amide bonds. The molecule has 1 aliphatic rings. The van der Waals surface area contributed by atoms with Crippen LogP contribution < -0.4 is 4.68 Å². The van der Waals surface area contributed by atoms with Crippen LogP contribution in [0.15, 0.2) is 6.20 Å². The summed E-state index contributed by atoms with van der Waals surface area (Å²) < 4.78 is 7.78. The number of ether oxygens (including phenoxy) is 1. The molecule has 0 aliphatic carbocycles. The molecule has 0 spiro atoms. The predicted molar refractivity (Wildman–Crippen MR) is 66.8 cm³/mol. The molecule has 0 N–H and O–H groups in total. The third-order valence-electron chi connectivity index (χ3n) is 3.60. The highest BCUT2D eigenvalue weighted by molar-refractivity contribution is 5.30. The van der Waals surface area contributed by atoms with Crippen LogP contribution in [0.1, 0.15) is 56.5 Å². The molecule has 3 heteroatoms. The molecule has 0 radical (unpaired) electrons. The van der Waals surface area contributed by atoms with Crippen LogP contribution in [0.4, 0.5) is 0 Å². The number of hydrogen-bond donors (Lipinski definition) is 0. The molecule has 2 rings (SSSR count). The van der Waals surface area contributed by atoms with Crippen LogP contribution in [0.5, 0.6) is 0 Å². The van der Waals surface area contributed by atoms with Crippen molar-refractivity contribution in [1.82, 2.24) is 5.10 Å². The zero-order valence-corrected chi connectivity index (χ0v) is 11.5. The Morgan fingerprint density at radius 3 is 2.65 bits per heavy atom. The maximum absolute atomic E-state index is 5.70. The monoisotopic (exact) mass is 235 g/mol. The number of hydrogen-bond acceptors (Lipinski definition) is 2. The van der Waals surface area contributed by atoms with Crippen molar-refractivity contribution in [2.45, 2.75) is 53.2 Å². The van der Waals surface area contributed by atoms with Crippen LogP contribution in [0.3, 0.4) is 0 Å². The maximum Gasteiger partial charge on any atom is 0.200 e. The number of rotatable bonds is 2. The Bertz CT molecular complexity index is 413. The predicted octanol–water partition coefficient (Wildman–Crippen LogP) is 2.53. The highest BCUT2D eigenvalue weighted by Crippen LogP contribution is 2.32. The minimum Gasteiger partial charge on any atom is -0.376 e. The zero-order chi connectivity index (χ0) is 12.6. The molecule has 3 nitrogen and oxygen atoms in total. The van der Waals surface area contributed by atoms with Crippen LogP contribution in [0, 0.1) is 12.8 Å². The van der Waals surface area contributed by atoms with Crippen LogP contribution in [-0.2, 0) is 11.3 Å². The van der Waals surface area contributed by atoms with E-state index in [1.165, 1.54) is 11.1 Å². The van der Waals surface area contributed by atoms with Gasteiger partial charge in [0.15, 0.2) is 6.04 Å². The molecule has 1 unspecified atom stereocenters. The summed E-state index contributed by atoms with van der Waals surface area (Å²) in [5.41, 5.74) is 3.85. The van der Waals surface area contributed by atoms with Crippen molar-refractivity contribution >= 4 is 0 Å². The van der Waals surface area contributed by atoms with Crippen molar-refractivity contribution < 1.29 is 9.42 Å². The first-order chi connectivity index (χ1) is 8.00. The lowest BCUT2D eigenvalue weighted by molar-refractivity contribution is -0.772. The first-order valence-electron chi connectivity index (χ1n) is 6.50. The summed E-state index contributed by atoms with van der Waals surface area (Å²) in [5, 5.41) is 4.62. The quantitative estimate of drug-likeness (QED) is 0.736. The summed E-state index contributed by atoms with van der Waals surface area (Å²) in [4.78, 5) is 0. The number of aryl methyl sites for hydroxylation is 1. The molecule has 0 saturated heterocycles. The summed E-state index contributed by atoms with van der Waals surface area (Å²) in [6, 6.07) is 0.412. The van der Waals surface area contributed by atoms with Gasteiger partial charge in [-0.1, -0.05) is 18.5 Å². The van der Waals surface area contributed by atoms with Gasteiger partial charge >= 0.3 is 0 Å². The smallest absolute Gasteiger partial charge is 0.200 e. The average molecular weight is 235 g/mol. The van der Waals surface area contributed by atoms with E-state index in [9.17, 15) is 0 Å². The van der Waals surface area contributed by atoms with E-state index in [-0.39, 0.29) is 0 Å². The minimum absolute atomic E-state index is 0.412. The van der Waals surface area contributed by atoms with Crippen molar-refractivity contribution in [3.05, 3.63) is 23.0 Å². The fourth-order valence-corrected chi connectivity index (χ4v) is 2.39. The number of aromatic nitrogens is 2. The second-order valence-electron chi connectivity index (χ2n) is 5.59. The lowest BCUT2D eigenvalue weighted by Gasteiger charge is -2.27. The van der Waals surface area contributed by atoms with E-state index in [1.54, 1.807) is 0 Å². The van der Waals surface area contributed by atoms with E-state index in [4.69, 9.17) is 4.74 Å². The van der Waals surface area contributed by atoms with E-state index < -0.39 is 0 Å². The highest BCUT2D eigenvalue weighted by Gasteiger charge is 2.29. The molecule has 17 heavy (non-hydrogen) atoms. The summed E-state index contributed by atoms with van der Waals surface area (Å²) in [7, 11) is 0. The second-order valence-corrected chi connectivity index (χ2v) is 5.59. The van der Waals surface area contributed by atoms with Crippen molar-refractivity contribution in [1.29, 1.82) is 0 Å². The number of fused-ring (bicyclic) bond motifs is 1. The second kappa shape index (κ2) is 4.73. The van der Waals surface area contributed by atoms with Crippen molar-refractivity contribution in [3.63, 3.8) is 0 Å². The molecule has 1 atom stereocenters. The molecule has 1 aliphatic heterocycles. The van der Waals surface area contributed by atoms with Gasteiger partial charge in [0.1, 0.15) is 5.69 Å². The molecule has 0 fully saturated rings. The van der Waals surface area contributed by atoms with E-state index in [0.717, 1.165) is 18.9 Å². The topological polar surface area (TPSA) is 26.0 Å². The van der Waals surface area contributed by atoms with Gasteiger partial charge in [0.25, 0.3) is 0 Å². The minimum atomic E-state index is 0.412. The molecular weight excluding hydrogens is 212 g/mol. The van der Waals surface area contributed by atoms with E-state index in [1.807, 2.05) is 0 Å². The van der Waals surface area contributed by atoms with Crippen molar-refractivity contribution in [3.8, 4) is 0 Å². The van der Waals surface area contributed by atoms with Gasteiger partial charge in [-0.3, -0.25) is 0 Å². The fourth-order valence-electron chi connectivity index (χ4n) is 2.39. The van der Waals surface area contributed by atoms with E-state index in [2.05, 4.69) is 50.6 Å². The van der Waals surface area contributed by atoms with Crippen LogP contribution in [-0.4, -0.2) is 11.7 Å².